The smallest absolute Gasteiger partial charge is 0.270 e. The highest BCUT2D eigenvalue weighted by Gasteiger charge is 2.37. The summed E-state index contributed by atoms with van der Waals surface area (Å²) in [6, 6.07) is 11.6. The number of aryl methyl sites for hydroxylation is 1. The molecular weight excluding hydrogens is 498 g/mol. The Bertz CT molecular complexity index is 1190. The molecule has 2 aliphatic heterocycles. The van der Waals surface area contributed by atoms with Gasteiger partial charge in [0.1, 0.15) is 5.57 Å². The van der Waals surface area contributed by atoms with Crippen molar-refractivity contribution in [2.45, 2.75) is 52.5 Å². The van der Waals surface area contributed by atoms with Crippen molar-refractivity contribution in [3.63, 3.8) is 0 Å². The van der Waals surface area contributed by atoms with Gasteiger partial charge in [0.25, 0.3) is 11.8 Å². The normalized spacial score (nSPS) is 21.3. The highest BCUT2D eigenvalue weighted by molar-refractivity contribution is 9.10. The molecule has 0 spiro atoms. The molecule has 2 aliphatic rings. The second kappa shape index (κ2) is 8.69. The summed E-state index contributed by atoms with van der Waals surface area (Å²) in [6.45, 7) is 11.9. The van der Waals surface area contributed by atoms with Crippen molar-refractivity contribution >= 4 is 62.5 Å². The van der Waals surface area contributed by atoms with Crippen molar-refractivity contribution in [3.05, 3.63) is 63.1 Å². The first-order valence-corrected chi connectivity index (χ1v) is 12.3. The minimum Gasteiger partial charge on any atom is -0.366 e. The first-order chi connectivity index (χ1) is 15.5. The molecule has 1 atom stereocenters. The van der Waals surface area contributed by atoms with Crippen LogP contribution in [-0.4, -0.2) is 29.0 Å². The third-order valence-electron chi connectivity index (χ3n) is 6.58. The zero-order valence-corrected chi connectivity index (χ0v) is 21.9. The molecule has 1 fully saturated rings. The van der Waals surface area contributed by atoms with Crippen LogP contribution >= 0.6 is 28.1 Å². The lowest BCUT2D eigenvalue weighted by Crippen LogP contribution is -2.54. The summed E-state index contributed by atoms with van der Waals surface area (Å²) in [5.41, 5.74) is 5.14. The van der Waals surface area contributed by atoms with E-state index in [-0.39, 0.29) is 16.2 Å². The van der Waals surface area contributed by atoms with Gasteiger partial charge in [0.05, 0.1) is 5.69 Å². The summed E-state index contributed by atoms with van der Waals surface area (Å²) in [5, 5.41) is 2.75. The van der Waals surface area contributed by atoms with Crippen molar-refractivity contribution < 1.29 is 9.59 Å². The second-order valence-corrected chi connectivity index (χ2v) is 10.7. The maximum atomic E-state index is 13.4. The van der Waals surface area contributed by atoms with Crippen molar-refractivity contribution in [2.24, 2.45) is 0 Å². The van der Waals surface area contributed by atoms with Crippen LogP contribution in [0.15, 0.2) is 46.4 Å². The Morgan fingerprint density at radius 2 is 1.88 bits per heavy atom. The molecule has 33 heavy (non-hydrogen) atoms. The molecule has 5 nitrogen and oxygen atoms in total. The first-order valence-electron chi connectivity index (χ1n) is 11.1. The Hall–Kier alpha value is -2.51. The summed E-state index contributed by atoms with van der Waals surface area (Å²) < 4.78 is 0.893. The highest BCUT2D eigenvalue weighted by Crippen LogP contribution is 2.44. The van der Waals surface area contributed by atoms with Crippen LogP contribution in [0, 0.1) is 6.92 Å². The fourth-order valence-corrected chi connectivity index (χ4v) is 5.59. The maximum absolute atomic E-state index is 13.4. The Kier molecular flexibility index (Phi) is 6.22. The molecule has 0 bridgehead atoms. The van der Waals surface area contributed by atoms with Gasteiger partial charge in [0.2, 0.25) is 0 Å². The summed E-state index contributed by atoms with van der Waals surface area (Å²) in [5.74, 6) is -0.523. The fraction of sp³-hybridized carbons (Fsp3) is 0.346. The summed E-state index contributed by atoms with van der Waals surface area (Å²) >= 11 is 8.71. The number of nitrogens with zero attached hydrogens (tertiary/aromatic N) is 2. The number of thiocarbonyl (C=S) groups is 1. The van der Waals surface area contributed by atoms with Gasteiger partial charge in [-0.25, -0.2) is 0 Å². The van der Waals surface area contributed by atoms with Gasteiger partial charge in [-0.3, -0.25) is 19.8 Å². The van der Waals surface area contributed by atoms with E-state index in [0.29, 0.717) is 11.6 Å². The number of rotatable bonds is 3. The van der Waals surface area contributed by atoms with Crippen LogP contribution in [-0.2, 0) is 9.59 Å². The van der Waals surface area contributed by atoms with E-state index in [4.69, 9.17) is 12.2 Å². The predicted octanol–water partition coefficient (Wildman–Crippen LogP) is 5.70. The minimum atomic E-state index is -0.472. The third-order valence-corrected chi connectivity index (χ3v) is 7.39. The molecule has 1 N–H and O–H groups in total. The molecule has 0 aromatic heterocycles. The largest absolute Gasteiger partial charge is 0.366 e. The number of hydrogen-bond donors (Lipinski definition) is 1. The number of carbonyl (C=O) groups excluding carboxylic acids is 2. The van der Waals surface area contributed by atoms with E-state index < -0.39 is 11.8 Å². The van der Waals surface area contributed by atoms with Gasteiger partial charge in [-0.05, 0) is 111 Å². The van der Waals surface area contributed by atoms with E-state index in [0.717, 1.165) is 28.6 Å². The SMILES string of the molecule is CCN1c2cc(C)c(/C=C3\C(=O)NC(=S)N(c4ccc(Br)cc4)C3=O)cc2C(C)CC1(C)C. The highest BCUT2D eigenvalue weighted by atomic mass is 79.9. The van der Waals surface area contributed by atoms with Crippen molar-refractivity contribution in [2.75, 3.05) is 16.3 Å². The maximum Gasteiger partial charge on any atom is 0.270 e. The zero-order valence-electron chi connectivity index (χ0n) is 19.5. The topological polar surface area (TPSA) is 52.7 Å². The Labute approximate surface area is 209 Å². The van der Waals surface area contributed by atoms with E-state index in [1.165, 1.54) is 16.2 Å². The Morgan fingerprint density at radius 1 is 1.21 bits per heavy atom. The van der Waals surface area contributed by atoms with Crippen molar-refractivity contribution in [3.8, 4) is 0 Å². The first kappa shape index (κ1) is 23.6. The fourth-order valence-electron chi connectivity index (χ4n) is 5.04. The molecule has 4 rings (SSSR count). The predicted molar refractivity (Wildman–Crippen MR) is 142 cm³/mol. The lowest BCUT2D eigenvalue weighted by molar-refractivity contribution is -0.122. The van der Waals surface area contributed by atoms with Crippen LogP contribution in [0.2, 0.25) is 0 Å². The molecular formula is C26H28BrN3O2S. The average Bonchev–Trinajstić information content (AvgIpc) is 2.72. The number of carbonyl (C=O) groups is 2. The van der Waals surface area contributed by atoms with Gasteiger partial charge in [-0.1, -0.05) is 22.9 Å². The van der Waals surface area contributed by atoms with E-state index >= 15 is 0 Å². The van der Waals surface area contributed by atoms with Gasteiger partial charge < -0.3 is 4.90 Å². The number of halogens is 1. The molecule has 2 amide bonds. The van der Waals surface area contributed by atoms with Gasteiger partial charge in [-0.2, -0.15) is 0 Å². The van der Waals surface area contributed by atoms with Crippen LogP contribution in [0.5, 0.6) is 0 Å². The summed E-state index contributed by atoms with van der Waals surface area (Å²) in [7, 11) is 0. The van der Waals surface area contributed by atoms with Crippen molar-refractivity contribution in [1.29, 1.82) is 0 Å². The molecule has 1 saturated heterocycles. The van der Waals surface area contributed by atoms with Crippen molar-refractivity contribution in [1.82, 2.24) is 5.32 Å². The summed E-state index contributed by atoms with van der Waals surface area (Å²) in [4.78, 5) is 30.0. The van der Waals surface area contributed by atoms with Gasteiger partial charge in [0, 0.05) is 22.2 Å². The molecule has 0 aliphatic carbocycles. The van der Waals surface area contributed by atoms with E-state index in [2.05, 4.69) is 66.0 Å². The zero-order chi connectivity index (χ0) is 24.1. The molecule has 0 saturated carbocycles. The van der Waals surface area contributed by atoms with E-state index in [9.17, 15) is 9.59 Å². The second-order valence-electron chi connectivity index (χ2n) is 9.36. The van der Waals surface area contributed by atoms with Crippen LogP contribution < -0.4 is 15.1 Å². The third kappa shape index (κ3) is 4.24. The van der Waals surface area contributed by atoms with Crippen LogP contribution in [0.1, 0.15) is 56.7 Å². The number of benzene rings is 2. The molecule has 1 unspecified atom stereocenters. The Balaban J connectivity index is 1.77. The number of hydrogen-bond acceptors (Lipinski definition) is 4. The van der Waals surface area contributed by atoms with Gasteiger partial charge in [0.15, 0.2) is 5.11 Å². The van der Waals surface area contributed by atoms with E-state index in [1.807, 2.05) is 19.1 Å². The molecule has 7 heteroatoms. The molecule has 2 aromatic carbocycles. The standard InChI is InChI=1S/C26H28BrN3O2S/c1-6-29-22-11-15(2)17(12-20(22)16(3)14-26(29,4)5)13-21-23(31)28-25(33)30(24(21)32)19-9-7-18(27)8-10-19/h7-13,16H,6,14H2,1-5H3,(H,28,31,33)/b21-13+. The quantitative estimate of drug-likeness (QED) is 0.317. The number of anilines is 2. The van der Waals surface area contributed by atoms with Crippen LogP contribution in [0.25, 0.3) is 6.08 Å². The van der Waals surface area contributed by atoms with Gasteiger partial charge >= 0.3 is 0 Å². The molecule has 0 radical (unpaired) electrons. The Morgan fingerprint density at radius 3 is 2.52 bits per heavy atom. The lowest BCUT2D eigenvalue weighted by Gasteiger charge is -2.47. The number of nitrogens with one attached hydrogen (secondary N) is 1. The monoisotopic (exact) mass is 525 g/mol. The van der Waals surface area contributed by atoms with Gasteiger partial charge in [-0.15, -0.1) is 0 Å². The molecule has 172 valence electrons. The minimum absolute atomic E-state index is 0.0747. The summed E-state index contributed by atoms with van der Waals surface area (Å²) in [6.07, 6.45) is 2.74. The molecule has 2 aromatic rings. The van der Waals surface area contributed by atoms with Crippen LogP contribution in [0.3, 0.4) is 0 Å². The van der Waals surface area contributed by atoms with Crippen LogP contribution in [0.4, 0.5) is 11.4 Å². The number of fused-ring (bicyclic) bond motifs is 1. The molecule has 2 heterocycles. The van der Waals surface area contributed by atoms with E-state index in [1.54, 1.807) is 18.2 Å². The lowest BCUT2D eigenvalue weighted by atomic mass is 9.79. The average molecular weight is 527 g/mol. The number of amides is 2.